The number of esters is 1. The van der Waals surface area contributed by atoms with Crippen LogP contribution in [0.15, 0.2) is 0 Å². The second-order valence-electron chi connectivity index (χ2n) is 16.5. The number of carbonyl (C=O) groups excluding carboxylic acids is 1. The summed E-state index contributed by atoms with van der Waals surface area (Å²) in [5.74, 6) is -0.0928. The molecular weight excluding hydrogens is 496 g/mol. The molecule has 7 aliphatic rings. The first-order chi connectivity index (χ1) is 18.0. The van der Waals surface area contributed by atoms with Gasteiger partial charge in [0.15, 0.2) is 5.79 Å². The predicted octanol–water partition coefficient (Wildman–Crippen LogP) is 4.20. The number of hydrogen-bond acceptors (Lipinski definition) is 7. The van der Waals surface area contributed by atoms with E-state index >= 15 is 0 Å². The Morgan fingerprint density at radius 3 is 2.28 bits per heavy atom. The van der Waals surface area contributed by atoms with Crippen LogP contribution in [-0.2, 0) is 19.0 Å². The molecule has 39 heavy (non-hydrogen) atoms. The fourth-order valence-electron chi connectivity index (χ4n) is 12.9. The summed E-state index contributed by atoms with van der Waals surface area (Å²) >= 11 is 0. The Kier molecular flexibility index (Phi) is 5.29. The summed E-state index contributed by atoms with van der Waals surface area (Å²) < 4.78 is 19.3. The minimum absolute atomic E-state index is 0.0557. The van der Waals surface area contributed by atoms with E-state index in [4.69, 9.17) is 14.2 Å². The van der Waals surface area contributed by atoms with E-state index in [0.29, 0.717) is 18.3 Å². The number of carbonyl (C=O) groups is 1. The van der Waals surface area contributed by atoms with E-state index in [0.717, 1.165) is 38.5 Å². The van der Waals surface area contributed by atoms with Crippen molar-refractivity contribution >= 4 is 5.97 Å². The molecule has 0 aromatic carbocycles. The monoisotopic (exact) mass is 546 g/mol. The Balaban J connectivity index is 1.31. The van der Waals surface area contributed by atoms with E-state index in [9.17, 15) is 20.1 Å². The lowest BCUT2D eigenvalue weighted by atomic mass is 9.41. The quantitative estimate of drug-likeness (QED) is 0.423. The van der Waals surface area contributed by atoms with Crippen LogP contribution in [0.4, 0.5) is 0 Å². The molecule has 2 aliphatic heterocycles. The molecule has 7 nitrogen and oxygen atoms in total. The van der Waals surface area contributed by atoms with Gasteiger partial charge in [-0.15, -0.1) is 0 Å². The van der Waals surface area contributed by atoms with Crippen LogP contribution < -0.4 is 0 Å². The van der Waals surface area contributed by atoms with Gasteiger partial charge in [0.2, 0.25) is 0 Å². The van der Waals surface area contributed by atoms with Crippen molar-refractivity contribution in [1.82, 2.24) is 0 Å². The molecule has 0 bridgehead atoms. The Hall–Kier alpha value is -0.730. The molecule has 7 fully saturated rings. The average Bonchev–Trinajstić information content (AvgIpc) is 3.35. The molecule has 220 valence electrons. The second kappa shape index (κ2) is 7.61. The first-order valence-electron chi connectivity index (χ1n) is 15.6. The average molecular weight is 547 g/mol. The smallest absolute Gasteiger partial charge is 0.302 e. The van der Waals surface area contributed by atoms with Crippen molar-refractivity contribution in [2.75, 3.05) is 6.61 Å². The molecule has 7 heteroatoms. The van der Waals surface area contributed by atoms with E-state index in [1.165, 1.54) is 6.42 Å². The fourth-order valence-corrected chi connectivity index (χ4v) is 12.9. The van der Waals surface area contributed by atoms with Gasteiger partial charge in [0, 0.05) is 18.8 Å². The largest absolute Gasteiger partial charge is 0.462 e. The topological polar surface area (TPSA) is 105 Å². The third-order valence-corrected chi connectivity index (χ3v) is 14.6. The van der Waals surface area contributed by atoms with Crippen molar-refractivity contribution in [1.29, 1.82) is 0 Å². The van der Waals surface area contributed by atoms with Crippen molar-refractivity contribution < 1.29 is 34.3 Å². The zero-order chi connectivity index (χ0) is 28.2. The van der Waals surface area contributed by atoms with Crippen LogP contribution in [0.2, 0.25) is 0 Å². The number of ether oxygens (including phenoxy) is 3. The maximum Gasteiger partial charge on any atom is 0.302 e. The lowest BCUT2D eigenvalue weighted by molar-refractivity contribution is -0.315. The van der Waals surface area contributed by atoms with Gasteiger partial charge in [0.05, 0.1) is 18.8 Å². The van der Waals surface area contributed by atoms with Crippen molar-refractivity contribution in [3.05, 3.63) is 0 Å². The zero-order valence-electron chi connectivity index (χ0n) is 25.0. The molecule has 3 N–H and O–H groups in total. The molecule has 0 radical (unpaired) electrons. The van der Waals surface area contributed by atoms with Gasteiger partial charge < -0.3 is 29.5 Å². The zero-order valence-corrected chi connectivity index (χ0v) is 25.0. The lowest BCUT2D eigenvalue weighted by Crippen LogP contribution is -2.64. The van der Waals surface area contributed by atoms with E-state index in [2.05, 4.69) is 34.6 Å². The normalized spacial score (nSPS) is 62.4. The van der Waals surface area contributed by atoms with E-state index in [1.807, 2.05) is 0 Å². The predicted molar refractivity (Wildman–Crippen MR) is 143 cm³/mol. The van der Waals surface area contributed by atoms with E-state index < -0.39 is 17.5 Å². The summed E-state index contributed by atoms with van der Waals surface area (Å²) in [5.41, 5.74) is -1.48. The van der Waals surface area contributed by atoms with Crippen LogP contribution in [-0.4, -0.2) is 63.7 Å². The summed E-state index contributed by atoms with van der Waals surface area (Å²) in [6.07, 6.45) is 5.92. The minimum atomic E-state index is -1.34. The summed E-state index contributed by atoms with van der Waals surface area (Å²) in [6.45, 7) is 14.8. The molecule has 0 unspecified atom stereocenters. The molecule has 0 aromatic rings. The SMILES string of the molecule is CC(=O)O[C@@H]1C[C@@]23C[C@@]24CC[C@H](O)C(C)(C)[C@@H]4CC[C@H]3[C@]2(C)C[C@@H]3O[C@]4(C[C@@H](C)[C@@H]3[C@@]12C)OC[C@](C)(O)[C@H]4O. The van der Waals surface area contributed by atoms with Gasteiger partial charge in [-0.3, -0.25) is 4.79 Å². The van der Waals surface area contributed by atoms with E-state index in [-0.39, 0.29) is 69.8 Å². The third-order valence-electron chi connectivity index (χ3n) is 14.6. The summed E-state index contributed by atoms with van der Waals surface area (Å²) in [4.78, 5) is 12.6. The van der Waals surface area contributed by atoms with Gasteiger partial charge in [0.25, 0.3) is 0 Å². The van der Waals surface area contributed by atoms with Crippen LogP contribution in [0.5, 0.6) is 0 Å². The van der Waals surface area contributed by atoms with Crippen LogP contribution in [0.25, 0.3) is 0 Å². The molecule has 0 amide bonds. The van der Waals surface area contributed by atoms with Crippen LogP contribution >= 0.6 is 0 Å². The third kappa shape index (κ3) is 2.95. The molecule has 3 spiro atoms. The molecule has 7 rings (SSSR count). The summed E-state index contributed by atoms with van der Waals surface area (Å²) in [5, 5.41) is 33.0. The van der Waals surface area contributed by atoms with Gasteiger partial charge in [-0.1, -0.05) is 34.6 Å². The van der Waals surface area contributed by atoms with Gasteiger partial charge in [-0.2, -0.15) is 0 Å². The standard InChI is InChI=1S/C32H50O7/c1-17-12-32(25(35)28(6,36)16-37-32)39-19-13-27(5)21-9-8-20-26(3,4)22(34)10-11-30(20)15-31(21,30)14-23(38-18(2)33)29(27,7)24(17)19/h17,19-25,34-36H,8-16H2,1-7H3/t17-,19+,20+,21+,22+,23-,24+,25-,27+,28+,29-,30-,31+,32+/m1/s1. The number of rotatable bonds is 1. The van der Waals surface area contributed by atoms with Crippen LogP contribution in [0.1, 0.15) is 99.8 Å². The molecule has 0 aromatic heterocycles. The first kappa shape index (κ1) is 27.1. The highest BCUT2D eigenvalue weighted by Gasteiger charge is 2.85. The van der Waals surface area contributed by atoms with Gasteiger partial charge in [0.1, 0.15) is 17.8 Å². The molecule has 2 saturated heterocycles. The Labute approximate surface area is 233 Å². The van der Waals surface area contributed by atoms with Crippen molar-refractivity contribution in [2.45, 2.75) is 136 Å². The Morgan fingerprint density at radius 1 is 0.949 bits per heavy atom. The van der Waals surface area contributed by atoms with Crippen molar-refractivity contribution in [3.63, 3.8) is 0 Å². The lowest BCUT2D eigenvalue weighted by Gasteiger charge is -2.65. The highest BCUT2D eigenvalue weighted by atomic mass is 16.7. The number of fused-ring (bicyclic) bond motifs is 4. The maximum absolute atomic E-state index is 12.6. The van der Waals surface area contributed by atoms with Gasteiger partial charge in [-0.05, 0) is 97.2 Å². The van der Waals surface area contributed by atoms with Crippen molar-refractivity contribution in [2.24, 2.45) is 50.7 Å². The number of hydrogen-bond donors (Lipinski definition) is 3. The maximum atomic E-state index is 12.6. The fraction of sp³-hybridized carbons (Fsp3) is 0.969. The first-order valence-corrected chi connectivity index (χ1v) is 15.6. The van der Waals surface area contributed by atoms with Crippen molar-refractivity contribution in [3.8, 4) is 0 Å². The highest BCUT2D eigenvalue weighted by Crippen LogP contribution is 2.89. The summed E-state index contributed by atoms with van der Waals surface area (Å²) in [7, 11) is 0. The van der Waals surface area contributed by atoms with Gasteiger partial charge >= 0.3 is 5.97 Å². The number of aliphatic hydroxyl groups is 3. The molecule has 2 heterocycles. The number of aliphatic hydroxyl groups excluding tert-OH is 2. The molecule has 14 atom stereocenters. The highest BCUT2D eigenvalue weighted by molar-refractivity contribution is 5.66. The van der Waals surface area contributed by atoms with E-state index in [1.54, 1.807) is 13.8 Å². The Morgan fingerprint density at radius 2 is 1.64 bits per heavy atom. The van der Waals surface area contributed by atoms with Crippen LogP contribution in [0, 0.1) is 50.7 Å². The molecule has 5 saturated carbocycles. The van der Waals surface area contributed by atoms with Crippen LogP contribution in [0.3, 0.4) is 0 Å². The minimum Gasteiger partial charge on any atom is -0.462 e. The summed E-state index contributed by atoms with van der Waals surface area (Å²) in [6, 6.07) is 0. The van der Waals surface area contributed by atoms with Gasteiger partial charge in [-0.25, -0.2) is 0 Å². The molecule has 5 aliphatic carbocycles. The second-order valence-corrected chi connectivity index (χ2v) is 16.5. The Bertz CT molecular complexity index is 1090. The molecular formula is C32H50O7.